The van der Waals surface area contributed by atoms with Crippen molar-refractivity contribution < 1.29 is 17.9 Å². The molecule has 5 rings (SSSR count). The molecular weight excluding hydrogens is 407 g/mol. The minimum Gasteiger partial charge on any atom is -0.377 e. The minimum atomic E-state index is -4.41. The van der Waals surface area contributed by atoms with Crippen molar-refractivity contribution in [2.45, 2.75) is 37.5 Å². The van der Waals surface area contributed by atoms with Crippen LogP contribution in [0.25, 0.3) is 11.0 Å². The number of ether oxygens (including phenoxy) is 1. The van der Waals surface area contributed by atoms with Crippen LogP contribution < -0.4 is 10.2 Å². The number of morpholine rings is 1. The van der Waals surface area contributed by atoms with Crippen molar-refractivity contribution in [3.8, 4) is 0 Å². The van der Waals surface area contributed by atoms with Gasteiger partial charge in [0.05, 0.1) is 29.7 Å². The van der Waals surface area contributed by atoms with Gasteiger partial charge in [0.1, 0.15) is 5.82 Å². The summed E-state index contributed by atoms with van der Waals surface area (Å²) in [4.78, 5) is 16.0. The number of hydrogen-bond donors (Lipinski definition) is 1. The number of anilines is 2. The van der Waals surface area contributed by atoms with E-state index < -0.39 is 11.7 Å². The van der Waals surface area contributed by atoms with E-state index in [0.29, 0.717) is 42.6 Å². The molecule has 6 nitrogen and oxygen atoms in total. The highest BCUT2D eigenvalue weighted by Gasteiger charge is 2.46. The molecule has 1 N–H and O–H groups in total. The zero-order valence-corrected chi connectivity index (χ0v) is 16.8. The molecule has 1 saturated heterocycles. The molecule has 1 aromatic carbocycles. The molecule has 3 aromatic rings. The van der Waals surface area contributed by atoms with E-state index in [2.05, 4.69) is 20.2 Å². The lowest BCUT2D eigenvalue weighted by molar-refractivity contribution is -0.138. The molecular formula is C22H22F3N5O. The van der Waals surface area contributed by atoms with Crippen LogP contribution in [-0.2, 0) is 17.5 Å². The first-order valence-corrected chi connectivity index (χ1v) is 10.3. The van der Waals surface area contributed by atoms with Crippen molar-refractivity contribution in [2.75, 3.05) is 30.0 Å². The third-order valence-electron chi connectivity index (χ3n) is 6.16. The van der Waals surface area contributed by atoms with Crippen molar-refractivity contribution in [3.05, 3.63) is 53.7 Å². The van der Waals surface area contributed by atoms with E-state index in [1.54, 1.807) is 18.3 Å². The van der Waals surface area contributed by atoms with E-state index in [0.717, 1.165) is 25.3 Å². The molecule has 1 aliphatic heterocycles. The van der Waals surface area contributed by atoms with Crippen molar-refractivity contribution in [3.63, 3.8) is 0 Å². The summed E-state index contributed by atoms with van der Waals surface area (Å²) in [6.07, 6.45) is 0.394. The second-order valence-electron chi connectivity index (χ2n) is 8.04. The highest BCUT2D eigenvalue weighted by Crippen LogP contribution is 2.42. The van der Waals surface area contributed by atoms with Gasteiger partial charge >= 0.3 is 6.18 Å². The fourth-order valence-corrected chi connectivity index (χ4v) is 4.38. The molecule has 2 aromatic heterocycles. The monoisotopic (exact) mass is 429 g/mol. The Hall–Kier alpha value is -2.94. The predicted octanol–water partition coefficient (Wildman–Crippen LogP) is 4.42. The maximum absolute atomic E-state index is 13.4. The van der Waals surface area contributed by atoms with Crippen molar-refractivity contribution >= 4 is 22.8 Å². The number of pyridine rings is 1. The number of fused-ring (bicyclic) bond motifs is 1. The van der Waals surface area contributed by atoms with Gasteiger partial charge in [0, 0.05) is 19.3 Å². The summed E-state index contributed by atoms with van der Waals surface area (Å²) in [5.74, 6) is 1.02. The first-order chi connectivity index (χ1) is 15.0. The Bertz CT molecular complexity index is 1100. The standard InChI is InChI=1S/C22H22F3N5O/c23-22(24,25)17-7-2-1-5-15(17)13-27-19-16-6-3-10-26-18(16)28-20(29-19)30-11-12-31-14-21(30)8-4-9-21/h1-3,5-7,10H,4,8-9,11-14H2,(H,26,27,28,29). The van der Waals surface area contributed by atoms with Crippen LogP contribution in [0.5, 0.6) is 0 Å². The Morgan fingerprint density at radius 2 is 1.94 bits per heavy atom. The van der Waals surface area contributed by atoms with Crippen molar-refractivity contribution in [1.82, 2.24) is 15.0 Å². The van der Waals surface area contributed by atoms with Gasteiger partial charge in [-0.3, -0.25) is 0 Å². The predicted molar refractivity (Wildman–Crippen MR) is 111 cm³/mol. The Balaban J connectivity index is 1.51. The molecule has 9 heteroatoms. The van der Waals surface area contributed by atoms with Crippen LogP contribution in [0.2, 0.25) is 0 Å². The number of aromatic nitrogens is 3. The van der Waals surface area contributed by atoms with Gasteiger partial charge in [-0.15, -0.1) is 0 Å². The lowest BCUT2D eigenvalue weighted by Gasteiger charge is -2.52. The lowest BCUT2D eigenvalue weighted by atomic mass is 9.75. The maximum Gasteiger partial charge on any atom is 0.416 e. The normalized spacial score (nSPS) is 18.2. The van der Waals surface area contributed by atoms with Crippen LogP contribution in [0.1, 0.15) is 30.4 Å². The molecule has 2 fully saturated rings. The number of hydrogen-bond acceptors (Lipinski definition) is 6. The molecule has 0 bridgehead atoms. The van der Waals surface area contributed by atoms with Gasteiger partial charge in [-0.25, -0.2) is 4.98 Å². The second kappa shape index (κ2) is 7.64. The SMILES string of the molecule is FC(F)(F)c1ccccc1CNc1nc(N2CCOCC23CCC3)nc2ncccc12. The molecule has 0 amide bonds. The number of alkyl halides is 3. The van der Waals surface area contributed by atoms with Crippen LogP contribution >= 0.6 is 0 Å². The van der Waals surface area contributed by atoms with Gasteiger partial charge in [-0.2, -0.15) is 23.1 Å². The van der Waals surface area contributed by atoms with E-state index in [-0.39, 0.29) is 17.6 Å². The van der Waals surface area contributed by atoms with Gasteiger partial charge in [0.15, 0.2) is 5.65 Å². The number of benzene rings is 1. The van der Waals surface area contributed by atoms with Crippen LogP contribution in [0.15, 0.2) is 42.6 Å². The minimum absolute atomic E-state index is 0.00954. The van der Waals surface area contributed by atoms with Crippen molar-refractivity contribution in [1.29, 1.82) is 0 Å². The number of nitrogens with zero attached hydrogens (tertiary/aromatic N) is 4. The molecule has 31 heavy (non-hydrogen) atoms. The molecule has 162 valence electrons. The zero-order valence-electron chi connectivity index (χ0n) is 16.8. The first kappa shape index (κ1) is 20.0. The number of nitrogens with one attached hydrogen (secondary N) is 1. The molecule has 1 spiro atoms. The van der Waals surface area contributed by atoms with E-state index in [1.807, 2.05) is 6.07 Å². The molecule has 0 atom stereocenters. The summed E-state index contributed by atoms with van der Waals surface area (Å²) in [7, 11) is 0. The molecule has 1 saturated carbocycles. The van der Waals surface area contributed by atoms with E-state index in [4.69, 9.17) is 9.72 Å². The van der Waals surface area contributed by atoms with Crippen LogP contribution in [0.3, 0.4) is 0 Å². The van der Waals surface area contributed by atoms with Gasteiger partial charge in [-0.1, -0.05) is 18.2 Å². The van der Waals surface area contributed by atoms with E-state index >= 15 is 0 Å². The van der Waals surface area contributed by atoms with Crippen molar-refractivity contribution in [2.24, 2.45) is 0 Å². The summed E-state index contributed by atoms with van der Waals surface area (Å²) >= 11 is 0. The summed E-state index contributed by atoms with van der Waals surface area (Å²) in [5, 5.41) is 3.78. The second-order valence-corrected chi connectivity index (χ2v) is 8.04. The largest absolute Gasteiger partial charge is 0.416 e. The average molecular weight is 429 g/mol. The summed E-state index contributed by atoms with van der Waals surface area (Å²) < 4.78 is 45.9. The lowest BCUT2D eigenvalue weighted by Crippen LogP contribution is -2.61. The Morgan fingerprint density at radius 3 is 2.71 bits per heavy atom. The molecule has 1 aliphatic carbocycles. The van der Waals surface area contributed by atoms with Gasteiger partial charge in [0.25, 0.3) is 0 Å². The summed E-state index contributed by atoms with van der Waals surface area (Å²) in [6, 6.07) is 9.15. The molecule has 0 unspecified atom stereocenters. The topological polar surface area (TPSA) is 63.2 Å². The van der Waals surface area contributed by atoms with Crippen LogP contribution in [0, 0.1) is 0 Å². The molecule has 0 radical (unpaired) electrons. The highest BCUT2D eigenvalue weighted by molar-refractivity contribution is 5.87. The first-order valence-electron chi connectivity index (χ1n) is 10.3. The van der Waals surface area contributed by atoms with Gasteiger partial charge in [0.2, 0.25) is 5.95 Å². The Labute approximate surface area is 177 Å². The zero-order chi connectivity index (χ0) is 21.5. The average Bonchev–Trinajstić information content (AvgIpc) is 2.75. The quantitative estimate of drug-likeness (QED) is 0.663. The third-order valence-corrected chi connectivity index (χ3v) is 6.16. The fourth-order valence-electron chi connectivity index (χ4n) is 4.38. The summed E-state index contributed by atoms with van der Waals surface area (Å²) in [5.41, 5.74) is -0.0733. The van der Waals surface area contributed by atoms with Gasteiger partial charge < -0.3 is 15.0 Å². The van der Waals surface area contributed by atoms with E-state index in [1.165, 1.54) is 12.1 Å². The third kappa shape index (κ3) is 3.67. The number of rotatable bonds is 4. The van der Waals surface area contributed by atoms with E-state index in [9.17, 15) is 13.2 Å². The summed E-state index contributed by atoms with van der Waals surface area (Å²) in [6.45, 7) is 1.89. The highest BCUT2D eigenvalue weighted by atomic mass is 19.4. The Kier molecular flexibility index (Phi) is 4.92. The molecule has 3 heterocycles. The smallest absolute Gasteiger partial charge is 0.377 e. The van der Waals surface area contributed by atoms with Crippen LogP contribution in [0.4, 0.5) is 24.9 Å². The van der Waals surface area contributed by atoms with Crippen LogP contribution in [-0.4, -0.2) is 40.2 Å². The Morgan fingerprint density at radius 1 is 1.10 bits per heavy atom. The maximum atomic E-state index is 13.4. The fraction of sp³-hybridized carbons (Fsp3) is 0.409. The number of halogens is 3. The molecule has 2 aliphatic rings. The van der Waals surface area contributed by atoms with Gasteiger partial charge in [-0.05, 0) is 43.0 Å².